The van der Waals surface area contributed by atoms with Crippen LogP contribution >= 0.6 is 0 Å². The molecule has 132 valence electrons. The van der Waals surface area contributed by atoms with Crippen molar-refractivity contribution in [2.45, 2.75) is 45.2 Å². The molecule has 3 fully saturated rings. The maximum atomic E-state index is 11.5. The van der Waals surface area contributed by atoms with Crippen molar-refractivity contribution in [3.8, 4) is 0 Å². The van der Waals surface area contributed by atoms with E-state index in [1.807, 2.05) is 4.90 Å². The van der Waals surface area contributed by atoms with E-state index in [-0.39, 0.29) is 5.91 Å². The molecular weight excluding hydrogens is 306 g/mol. The van der Waals surface area contributed by atoms with E-state index >= 15 is 0 Å². The second kappa shape index (κ2) is 6.44. The van der Waals surface area contributed by atoms with Gasteiger partial charge >= 0.3 is 0 Å². The fourth-order valence-electron chi connectivity index (χ4n) is 4.05. The minimum atomic E-state index is 0.193. The first kappa shape index (κ1) is 16.0. The normalized spacial score (nSPS) is 29.3. The summed E-state index contributed by atoms with van der Waals surface area (Å²) in [6.45, 7) is 10.5. The van der Waals surface area contributed by atoms with E-state index in [9.17, 15) is 4.79 Å². The molecule has 1 aliphatic carbocycles. The number of carbonyl (C=O) groups excluding carboxylic acids is 1. The summed E-state index contributed by atoms with van der Waals surface area (Å²) in [5.74, 6) is 3.02. The molecule has 0 radical (unpaired) electrons. The maximum absolute atomic E-state index is 11.5. The first-order valence-electron chi connectivity index (χ1n) is 9.14. The number of likely N-dealkylation sites (tertiary alicyclic amines) is 1. The summed E-state index contributed by atoms with van der Waals surface area (Å²) in [5, 5.41) is 4.11. The number of carbonyl (C=O) groups is 1. The average molecular weight is 333 g/mol. The number of aromatic nitrogens is 2. The van der Waals surface area contributed by atoms with Crippen LogP contribution in [0.2, 0.25) is 0 Å². The zero-order valence-corrected chi connectivity index (χ0v) is 14.6. The SMILES string of the molecule is CC(=O)N1CCN([C@H]2CN(Cc3nc(C4CC4)no3)C[C@H]2C)CC1. The predicted octanol–water partition coefficient (Wildman–Crippen LogP) is 0.931. The van der Waals surface area contributed by atoms with Gasteiger partial charge in [-0.3, -0.25) is 14.6 Å². The highest BCUT2D eigenvalue weighted by atomic mass is 16.5. The number of hydrogen-bond acceptors (Lipinski definition) is 6. The molecule has 3 aliphatic rings. The Morgan fingerprint density at radius 1 is 1.21 bits per heavy atom. The van der Waals surface area contributed by atoms with Crippen LogP contribution in [0.15, 0.2) is 4.52 Å². The van der Waals surface area contributed by atoms with Crippen LogP contribution < -0.4 is 0 Å². The Labute approximate surface area is 143 Å². The minimum absolute atomic E-state index is 0.193. The van der Waals surface area contributed by atoms with Gasteiger partial charge in [0.1, 0.15) is 0 Å². The lowest BCUT2D eigenvalue weighted by atomic mass is 10.0. The molecule has 2 saturated heterocycles. The molecule has 7 nitrogen and oxygen atoms in total. The van der Waals surface area contributed by atoms with Gasteiger partial charge in [0, 0.05) is 58.2 Å². The molecule has 1 aromatic heterocycles. The number of rotatable bonds is 4. The zero-order valence-electron chi connectivity index (χ0n) is 14.6. The summed E-state index contributed by atoms with van der Waals surface area (Å²) >= 11 is 0. The molecule has 0 bridgehead atoms. The lowest BCUT2D eigenvalue weighted by Gasteiger charge is -2.39. The lowest BCUT2D eigenvalue weighted by Crippen LogP contribution is -2.53. The van der Waals surface area contributed by atoms with Crippen LogP contribution in [0, 0.1) is 5.92 Å². The summed E-state index contributed by atoms with van der Waals surface area (Å²) in [5.41, 5.74) is 0. The molecule has 24 heavy (non-hydrogen) atoms. The predicted molar refractivity (Wildman–Crippen MR) is 88.3 cm³/mol. The molecule has 1 amide bonds. The van der Waals surface area contributed by atoms with Gasteiger partial charge in [0.05, 0.1) is 6.54 Å². The number of hydrogen-bond donors (Lipinski definition) is 0. The van der Waals surface area contributed by atoms with E-state index in [1.165, 1.54) is 12.8 Å². The van der Waals surface area contributed by atoms with Crippen LogP contribution in [0.25, 0.3) is 0 Å². The Hall–Kier alpha value is -1.47. The maximum Gasteiger partial charge on any atom is 0.240 e. The summed E-state index contributed by atoms with van der Waals surface area (Å²) in [4.78, 5) is 23.0. The highest BCUT2D eigenvalue weighted by Gasteiger charge is 2.36. The van der Waals surface area contributed by atoms with Crippen molar-refractivity contribution in [1.29, 1.82) is 0 Å². The van der Waals surface area contributed by atoms with Gasteiger partial charge in [-0.05, 0) is 18.8 Å². The highest BCUT2D eigenvalue weighted by molar-refractivity contribution is 5.73. The second-order valence-electron chi connectivity index (χ2n) is 7.60. The van der Waals surface area contributed by atoms with Gasteiger partial charge in [-0.25, -0.2) is 0 Å². The Morgan fingerprint density at radius 3 is 2.62 bits per heavy atom. The molecule has 3 heterocycles. The third-order valence-electron chi connectivity index (χ3n) is 5.66. The first-order valence-corrected chi connectivity index (χ1v) is 9.14. The average Bonchev–Trinajstić information content (AvgIpc) is 3.21. The molecular formula is C17H27N5O2. The van der Waals surface area contributed by atoms with E-state index in [0.717, 1.165) is 57.5 Å². The zero-order chi connectivity index (χ0) is 16.7. The van der Waals surface area contributed by atoms with Crippen molar-refractivity contribution >= 4 is 5.91 Å². The molecule has 1 saturated carbocycles. The Bertz CT molecular complexity index is 592. The Morgan fingerprint density at radius 2 is 1.96 bits per heavy atom. The van der Waals surface area contributed by atoms with E-state index in [1.54, 1.807) is 6.92 Å². The van der Waals surface area contributed by atoms with Gasteiger partial charge in [-0.2, -0.15) is 4.98 Å². The van der Waals surface area contributed by atoms with Crippen molar-refractivity contribution in [3.05, 3.63) is 11.7 Å². The van der Waals surface area contributed by atoms with Gasteiger partial charge in [0.2, 0.25) is 11.8 Å². The van der Waals surface area contributed by atoms with Gasteiger partial charge < -0.3 is 9.42 Å². The van der Waals surface area contributed by atoms with Crippen molar-refractivity contribution in [2.75, 3.05) is 39.3 Å². The second-order valence-corrected chi connectivity index (χ2v) is 7.60. The van der Waals surface area contributed by atoms with E-state index in [2.05, 4.69) is 26.9 Å². The lowest BCUT2D eigenvalue weighted by molar-refractivity contribution is -0.130. The van der Waals surface area contributed by atoms with Gasteiger partial charge in [0.15, 0.2) is 5.82 Å². The molecule has 1 aromatic rings. The van der Waals surface area contributed by atoms with Crippen molar-refractivity contribution < 1.29 is 9.32 Å². The Kier molecular flexibility index (Phi) is 4.30. The van der Waals surface area contributed by atoms with Crippen LogP contribution in [0.1, 0.15) is 44.3 Å². The van der Waals surface area contributed by atoms with Gasteiger partial charge in [-0.15, -0.1) is 0 Å². The summed E-state index contributed by atoms with van der Waals surface area (Å²) in [6, 6.07) is 0.560. The monoisotopic (exact) mass is 333 g/mol. The van der Waals surface area contributed by atoms with Crippen molar-refractivity contribution in [3.63, 3.8) is 0 Å². The number of piperazine rings is 1. The Balaban J connectivity index is 1.31. The fraction of sp³-hybridized carbons (Fsp3) is 0.824. The quantitative estimate of drug-likeness (QED) is 0.817. The summed E-state index contributed by atoms with van der Waals surface area (Å²) in [6.07, 6.45) is 2.40. The minimum Gasteiger partial charge on any atom is -0.340 e. The topological polar surface area (TPSA) is 65.7 Å². The number of nitrogens with zero attached hydrogens (tertiary/aromatic N) is 5. The third-order valence-corrected chi connectivity index (χ3v) is 5.66. The molecule has 2 aliphatic heterocycles. The molecule has 2 atom stereocenters. The van der Waals surface area contributed by atoms with Gasteiger partial charge in [-0.1, -0.05) is 12.1 Å². The smallest absolute Gasteiger partial charge is 0.240 e. The largest absolute Gasteiger partial charge is 0.340 e. The first-order chi connectivity index (χ1) is 11.6. The van der Waals surface area contributed by atoms with Crippen LogP contribution in [-0.4, -0.2) is 76.1 Å². The van der Waals surface area contributed by atoms with Gasteiger partial charge in [0.25, 0.3) is 0 Å². The van der Waals surface area contributed by atoms with Crippen molar-refractivity contribution in [2.24, 2.45) is 5.92 Å². The number of amides is 1. The summed E-state index contributed by atoms with van der Waals surface area (Å²) in [7, 11) is 0. The highest BCUT2D eigenvalue weighted by Crippen LogP contribution is 2.38. The molecule has 7 heteroatoms. The third kappa shape index (κ3) is 3.32. The van der Waals surface area contributed by atoms with Crippen LogP contribution in [0.4, 0.5) is 0 Å². The van der Waals surface area contributed by atoms with Crippen molar-refractivity contribution in [1.82, 2.24) is 24.8 Å². The van der Waals surface area contributed by atoms with Crippen LogP contribution in [0.3, 0.4) is 0 Å². The standard InChI is InChI=1S/C17H27N5O2/c1-12-9-20(11-16-18-17(19-24-16)14-3-4-14)10-15(12)22-7-5-21(6-8-22)13(2)23/h12,14-15H,3-11H2,1-2H3/t12-,15+/m1/s1. The fourth-order valence-corrected chi connectivity index (χ4v) is 4.05. The molecule has 0 unspecified atom stereocenters. The molecule has 0 spiro atoms. The molecule has 0 N–H and O–H groups in total. The molecule has 4 rings (SSSR count). The van der Waals surface area contributed by atoms with Crippen LogP contribution in [0.5, 0.6) is 0 Å². The van der Waals surface area contributed by atoms with E-state index in [0.29, 0.717) is 17.9 Å². The van der Waals surface area contributed by atoms with E-state index < -0.39 is 0 Å². The van der Waals surface area contributed by atoms with Crippen LogP contribution in [-0.2, 0) is 11.3 Å². The van der Waals surface area contributed by atoms with E-state index in [4.69, 9.17) is 4.52 Å². The summed E-state index contributed by atoms with van der Waals surface area (Å²) < 4.78 is 5.42. The molecule has 0 aromatic carbocycles.